The zero-order valence-corrected chi connectivity index (χ0v) is 15.7. The molecular weight excluding hydrogens is 370 g/mol. The Morgan fingerprint density at radius 3 is 2.83 bits per heavy atom. The summed E-state index contributed by atoms with van der Waals surface area (Å²) >= 11 is 4.07. The molecule has 7 nitrogen and oxygen atoms in total. The maximum absolute atomic E-state index is 12.6. The summed E-state index contributed by atoms with van der Waals surface area (Å²) in [5.74, 6) is -0.688. The third-order valence-corrected chi connectivity index (χ3v) is 6.32. The third-order valence-electron chi connectivity index (χ3n) is 3.18. The number of hydrogen-bond acceptors (Lipinski definition) is 9. The van der Waals surface area contributed by atoms with Crippen molar-refractivity contribution in [1.82, 2.24) is 14.3 Å². The van der Waals surface area contributed by atoms with Gasteiger partial charge in [0.15, 0.2) is 9.71 Å². The van der Waals surface area contributed by atoms with Crippen LogP contribution in [0.5, 0.6) is 0 Å². The minimum absolute atomic E-state index is 0.204. The van der Waals surface area contributed by atoms with E-state index in [0.29, 0.717) is 11.5 Å². The first-order chi connectivity index (χ1) is 11.3. The summed E-state index contributed by atoms with van der Waals surface area (Å²) in [6.07, 6.45) is 1.47. The van der Waals surface area contributed by atoms with E-state index in [1.807, 2.05) is 0 Å². The molecule has 2 aliphatic rings. The van der Waals surface area contributed by atoms with Gasteiger partial charge in [0.05, 0.1) is 0 Å². The zero-order chi connectivity index (χ0) is 17.5. The van der Waals surface area contributed by atoms with Crippen molar-refractivity contribution in [2.24, 2.45) is 0 Å². The van der Waals surface area contributed by atoms with Crippen LogP contribution in [0.3, 0.4) is 0 Å². The van der Waals surface area contributed by atoms with Crippen LogP contribution in [0.2, 0.25) is 0 Å². The van der Waals surface area contributed by atoms with E-state index in [1.54, 1.807) is 20.8 Å². The van der Waals surface area contributed by atoms with Gasteiger partial charge >= 0.3 is 5.97 Å². The number of thioether (sulfide) groups is 2. The first-order valence-electron chi connectivity index (χ1n) is 7.12. The van der Waals surface area contributed by atoms with Gasteiger partial charge in [0.25, 0.3) is 11.7 Å². The van der Waals surface area contributed by atoms with Crippen LogP contribution in [0.15, 0.2) is 21.9 Å². The van der Waals surface area contributed by atoms with Crippen molar-refractivity contribution in [3.63, 3.8) is 0 Å². The molecule has 0 aliphatic carbocycles. The van der Waals surface area contributed by atoms with Crippen molar-refractivity contribution in [3.05, 3.63) is 17.6 Å². The molecule has 1 aromatic heterocycles. The molecule has 1 atom stereocenters. The number of nitrogens with zero attached hydrogens (tertiary/aromatic N) is 3. The summed E-state index contributed by atoms with van der Waals surface area (Å²) in [6, 6.07) is 0. The summed E-state index contributed by atoms with van der Waals surface area (Å²) in [5.41, 5.74) is 0.293. The molecule has 1 amide bonds. The normalized spacial score (nSPS) is 20.8. The first-order valence-corrected chi connectivity index (χ1v) is 9.92. The SMILES string of the molecule is CC(C)(C)OC(=O)C1=C(CSc2ncns2)CS[C@H]2C(=O)C(=O)N12. The quantitative estimate of drug-likeness (QED) is 0.335. The van der Waals surface area contributed by atoms with Crippen molar-refractivity contribution in [2.45, 2.75) is 36.1 Å². The highest BCUT2D eigenvalue weighted by atomic mass is 32.2. The predicted molar refractivity (Wildman–Crippen MR) is 91.6 cm³/mol. The van der Waals surface area contributed by atoms with Crippen LogP contribution in [0.1, 0.15) is 20.8 Å². The number of rotatable bonds is 4. The molecule has 0 N–H and O–H groups in total. The Bertz CT molecular complexity index is 724. The molecule has 0 unspecified atom stereocenters. The van der Waals surface area contributed by atoms with Crippen LogP contribution in [0.25, 0.3) is 0 Å². The molecule has 10 heteroatoms. The van der Waals surface area contributed by atoms with E-state index in [1.165, 1.54) is 46.3 Å². The molecule has 0 radical (unpaired) electrons. The molecule has 1 saturated heterocycles. The Hall–Kier alpha value is -1.39. The molecular formula is C14H15N3O4S3. The molecule has 128 valence electrons. The van der Waals surface area contributed by atoms with Gasteiger partial charge in [0.2, 0.25) is 0 Å². The van der Waals surface area contributed by atoms with Crippen molar-refractivity contribution < 1.29 is 19.1 Å². The van der Waals surface area contributed by atoms with Gasteiger partial charge in [0.1, 0.15) is 17.6 Å². The lowest BCUT2D eigenvalue weighted by atomic mass is 10.1. The molecule has 3 heterocycles. The number of fused-ring (bicyclic) bond motifs is 1. The minimum Gasteiger partial charge on any atom is -0.455 e. The summed E-state index contributed by atoms with van der Waals surface area (Å²) in [4.78, 5) is 41.6. The number of carbonyl (C=O) groups excluding carboxylic acids is 3. The van der Waals surface area contributed by atoms with Gasteiger partial charge in [-0.3, -0.25) is 14.5 Å². The fourth-order valence-electron chi connectivity index (χ4n) is 2.22. The standard InChI is InChI=1S/C14H15N3O4S3/c1-14(2,3)21-12(20)8-7(5-23-13-15-6-16-24-13)4-22-11-9(18)10(19)17(8)11/h6,11H,4-5H2,1-3H3/t11-/m0/s1. The Balaban J connectivity index is 1.87. The molecule has 0 spiro atoms. The van der Waals surface area contributed by atoms with E-state index < -0.39 is 28.6 Å². The molecule has 0 bridgehead atoms. The molecule has 3 rings (SSSR count). The number of amides is 1. The number of Topliss-reactive ketones (excluding diaryl/α,β-unsaturated/α-hetero) is 1. The van der Waals surface area contributed by atoms with Gasteiger partial charge in [-0.2, -0.15) is 4.37 Å². The van der Waals surface area contributed by atoms with Gasteiger partial charge in [-0.05, 0) is 37.9 Å². The summed E-state index contributed by atoms with van der Waals surface area (Å²) < 4.78 is 10.2. The fraction of sp³-hybridized carbons (Fsp3) is 0.500. The van der Waals surface area contributed by atoms with Crippen LogP contribution >= 0.6 is 35.1 Å². The predicted octanol–water partition coefficient (Wildman–Crippen LogP) is 1.71. The zero-order valence-electron chi connectivity index (χ0n) is 13.3. The number of esters is 1. The Morgan fingerprint density at radius 1 is 1.46 bits per heavy atom. The highest BCUT2D eigenvalue weighted by molar-refractivity contribution is 8.02. The maximum atomic E-state index is 12.6. The fourth-order valence-corrected chi connectivity index (χ4v) is 5.01. The second-order valence-electron chi connectivity index (χ2n) is 6.15. The molecule has 0 aromatic carbocycles. The summed E-state index contributed by atoms with van der Waals surface area (Å²) in [5, 5.41) is -0.602. The molecule has 24 heavy (non-hydrogen) atoms. The van der Waals surface area contributed by atoms with Gasteiger partial charge < -0.3 is 4.74 Å². The average Bonchev–Trinajstić information content (AvgIpc) is 3.02. The maximum Gasteiger partial charge on any atom is 0.355 e. The number of ketones is 1. The molecule has 1 fully saturated rings. The lowest BCUT2D eigenvalue weighted by Gasteiger charge is -2.43. The van der Waals surface area contributed by atoms with Gasteiger partial charge in [0, 0.05) is 11.5 Å². The highest BCUT2D eigenvalue weighted by Gasteiger charge is 2.53. The number of ether oxygens (including phenoxy) is 1. The topological polar surface area (TPSA) is 89.5 Å². The summed E-state index contributed by atoms with van der Waals surface area (Å²) in [7, 11) is 0. The average molecular weight is 385 g/mol. The van der Waals surface area contributed by atoms with Gasteiger partial charge in [-0.15, -0.1) is 11.8 Å². The summed E-state index contributed by atoms with van der Waals surface area (Å²) in [6.45, 7) is 5.29. The van der Waals surface area contributed by atoms with E-state index in [0.717, 1.165) is 9.91 Å². The Labute approximate surface area is 151 Å². The number of carbonyl (C=O) groups is 3. The van der Waals surface area contributed by atoms with Crippen molar-refractivity contribution in [2.75, 3.05) is 11.5 Å². The van der Waals surface area contributed by atoms with Crippen LogP contribution < -0.4 is 0 Å². The van der Waals surface area contributed by atoms with Gasteiger partial charge in [-0.25, -0.2) is 9.78 Å². The van der Waals surface area contributed by atoms with Crippen LogP contribution in [-0.2, 0) is 19.1 Å². The number of β-lactam (4-membered cyclic amide) rings is 1. The van der Waals surface area contributed by atoms with E-state index in [9.17, 15) is 14.4 Å². The molecule has 2 aliphatic heterocycles. The number of aromatic nitrogens is 2. The first kappa shape index (κ1) is 17.4. The van der Waals surface area contributed by atoms with E-state index in [2.05, 4.69) is 9.36 Å². The van der Waals surface area contributed by atoms with E-state index in [-0.39, 0.29) is 5.70 Å². The highest BCUT2D eigenvalue weighted by Crippen LogP contribution is 2.40. The minimum atomic E-state index is -0.681. The van der Waals surface area contributed by atoms with Crippen molar-refractivity contribution >= 4 is 52.7 Å². The lowest BCUT2D eigenvalue weighted by molar-refractivity contribution is -0.161. The monoisotopic (exact) mass is 385 g/mol. The second kappa shape index (κ2) is 6.49. The van der Waals surface area contributed by atoms with Crippen molar-refractivity contribution in [3.8, 4) is 0 Å². The second-order valence-corrected chi connectivity index (χ2v) is 9.22. The Kier molecular flexibility index (Phi) is 4.71. The van der Waals surface area contributed by atoms with Crippen molar-refractivity contribution in [1.29, 1.82) is 0 Å². The Morgan fingerprint density at radius 2 is 2.21 bits per heavy atom. The molecule has 0 saturated carbocycles. The van der Waals surface area contributed by atoms with Crippen LogP contribution in [0.4, 0.5) is 0 Å². The molecule has 1 aromatic rings. The van der Waals surface area contributed by atoms with Crippen LogP contribution in [-0.4, -0.2) is 54.4 Å². The largest absolute Gasteiger partial charge is 0.455 e. The third kappa shape index (κ3) is 3.35. The van der Waals surface area contributed by atoms with E-state index >= 15 is 0 Å². The van der Waals surface area contributed by atoms with E-state index in [4.69, 9.17) is 4.74 Å². The lowest BCUT2D eigenvalue weighted by Crippen LogP contribution is -2.62. The number of hydrogen-bond donors (Lipinski definition) is 0. The smallest absolute Gasteiger partial charge is 0.355 e. The van der Waals surface area contributed by atoms with Crippen LogP contribution in [0, 0.1) is 0 Å². The van der Waals surface area contributed by atoms with Gasteiger partial charge in [-0.1, -0.05) is 11.8 Å².